The van der Waals surface area contributed by atoms with Crippen LogP contribution in [0.15, 0.2) is 12.2 Å². The molecule has 0 heterocycles. The zero-order valence-corrected chi connectivity index (χ0v) is 19.1. The summed E-state index contributed by atoms with van der Waals surface area (Å²) in [7, 11) is 13.4. The van der Waals surface area contributed by atoms with Crippen molar-refractivity contribution >= 4 is 0 Å². The zero-order chi connectivity index (χ0) is 20.1. The van der Waals surface area contributed by atoms with Crippen LogP contribution in [0.5, 0.6) is 0 Å². The van der Waals surface area contributed by atoms with E-state index in [2.05, 4.69) is 68.3 Å². The van der Waals surface area contributed by atoms with Gasteiger partial charge < -0.3 is 18.4 Å². The van der Waals surface area contributed by atoms with Gasteiger partial charge >= 0.3 is 0 Å². The number of allylic oxidation sites excluding steroid dienone is 2. The molecule has 0 saturated carbocycles. The van der Waals surface area contributed by atoms with Crippen LogP contribution in [-0.2, 0) is 9.47 Å². The number of hydrogen-bond donors (Lipinski definition) is 0. The Morgan fingerprint density at radius 1 is 0.808 bits per heavy atom. The summed E-state index contributed by atoms with van der Waals surface area (Å²) < 4.78 is 14.3. The smallest absolute Gasteiger partial charge is 0.0802 e. The minimum atomic E-state index is 0.119. The number of ether oxygens (including phenoxy) is 2. The first kappa shape index (κ1) is 25.6. The van der Waals surface area contributed by atoms with Crippen molar-refractivity contribution in [1.29, 1.82) is 0 Å². The van der Waals surface area contributed by atoms with Crippen molar-refractivity contribution in [1.82, 2.24) is 0 Å². The molecule has 0 spiro atoms. The highest BCUT2D eigenvalue weighted by molar-refractivity contribution is 4.90. The lowest BCUT2D eigenvalue weighted by atomic mass is 9.81. The van der Waals surface area contributed by atoms with Gasteiger partial charge in [-0.3, -0.25) is 0 Å². The molecule has 0 aromatic heterocycles. The van der Waals surface area contributed by atoms with E-state index in [1.165, 1.54) is 6.42 Å². The molecule has 0 aliphatic rings. The second kappa shape index (κ2) is 12.9. The third kappa shape index (κ3) is 14.7. The highest BCUT2D eigenvalue weighted by Crippen LogP contribution is 2.30. The van der Waals surface area contributed by atoms with Crippen molar-refractivity contribution in [2.75, 3.05) is 81.8 Å². The maximum absolute atomic E-state index is 6.13. The number of quaternary nitrogens is 2. The Balaban J connectivity index is 4.48. The lowest BCUT2D eigenvalue weighted by molar-refractivity contribution is -0.870. The topological polar surface area (TPSA) is 18.5 Å². The first-order valence-electron chi connectivity index (χ1n) is 10.4. The summed E-state index contributed by atoms with van der Waals surface area (Å²) in [6, 6.07) is 0. The second-order valence-corrected chi connectivity index (χ2v) is 9.86. The van der Waals surface area contributed by atoms with E-state index >= 15 is 0 Å². The van der Waals surface area contributed by atoms with Gasteiger partial charge in [0.2, 0.25) is 0 Å². The van der Waals surface area contributed by atoms with Gasteiger partial charge in [-0.1, -0.05) is 25.5 Å². The molecule has 0 atom stereocenters. The Labute approximate surface area is 164 Å². The van der Waals surface area contributed by atoms with Gasteiger partial charge in [0.25, 0.3) is 0 Å². The molecule has 0 saturated heterocycles. The Bertz CT molecular complexity index is 343. The fourth-order valence-corrected chi connectivity index (χ4v) is 3.16. The van der Waals surface area contributed by atoms with Crippen LogP contribution in [0.1, 0.15) is 46.0 Å². The van der Waals surface area contributed by atoms with E-state index in [4.69, 9.17) is 9.47 Å². The van der Waals surface area contributed by atoms with Crippen molar-refractivity contribution in [3.63, 3.8) is 0 Å². The molecule has 0 aromatic rings. The maximum Gasteiger partial charge on any atom is 0.0802 e. The molecule has 0 aromatic carbocycles. The van der Waals surface area contributed by atoms with Crippen LogP contribution in [0, 0.1) is 5.41 Å². The zero-order valence-electron chi connectivity index (χ0n) is 19.1. The molecule has 0 rings (SSSR count). The van der Waals surface area contributed by atoms with Gasteiger partial charge in [0, 0.05) is 18.3 Å². The summed E-state index contributed by atoms with van der Waals surface area (Å²) in [5, 5.41) is 0. The summed E-state index contributed by atoms with van der Waals surface area (Å²) in [6.45, 7) is 9.96. The molecule has 0 radical (unpaired) electrons. The van der Waals surface area contributed by atoms with E-state index < -0.39 is 0 Å². The monoisotopic (exact) mass is 372 g/mol. The van der Waals surface area contributed by atoms with Crippen LogP contribution >= 0.6 is 0 Å². The summed E-state index contributed by atoms with van der Waals surface area (Å²) in [6.07, 6.45) is 10.0. The highest BCUT2D eigenvalue weighted by atomic mass is 16.5. The molecule has 4 nitrogen and oxygen atoms in total. The average molecular weight is 373 g/mol. The van der Waals surface area contributed by atoms with Gasteiger partial charge in [-0.25, -0.2) is 0 Å². The van der Waals surface area contributed by atoms with Crippen molar-refractivity contribution in [3.8, 4) is 0 Å². The first-order chi connectivity index (χ1) is 12.0. The van der Waals surface area contributed by atoms with E-state index in [-0.39, 0.29) is 5.41 Å². The van der Waals surface area contributed by atoms with Crippen LogP contribution in [-0.4, -0.2) is 90.8 Å². The molecule has 0 unspecified atom stereocenters. The predicted molar refractivity (Wildman–Crippen MR) is 113 cm³/mol. The molecule has 0 bridgehead atoms. The summed E-state index contributed by atoms with van der Waals surface area (Å²) in [5.41, 5.74) is 0.119. The predicted octanol–water partition coefficient (Wildman–Crippen LogP) is 3.96. The number of hydrogen-bond acceptors (Lipinski definition) is 2. The molecule has 0 fully saturated rings. The van der Waals surface area contributed by atoms with Crippen molar-refractivity contribution in [2.45, 2.75) is 46.0 Å². The fraction of sp³-hybridized carbons (Fsp3) is 0.909. The lowest BCUT2D eigenvalue weighted by Crippen LogP contribution is -2.37. The molecule has 156 valence electrons. The van der Waals surface area contributed by atoms with Crippen molar-refractivity contribution in [3.05, 3.63) is 12.2 Å². The van der Waals surface area contributed by atoms with E-state index in [0.29, 0.717) is 0 Å². The Kier molecular flexibility index (Phi) is 12.7. The van der Waals surface area contributed by atoms with Gasteiger partial charge in [-0.2, -0.15) is 0 Å². The van der Waals surface area contributed by atoms with Crippen LogP contribution < -0.4 is 0 Å². The molecule has 0 aliphatic heterocycles. The normalized spacial score (nSPS) is 13.7. The molecule has 26 heavy (non-hydrogen) atoms. The molecule has 0 amide bonds. The first-order valence-corrected chi connectivity index (χ1v) is 10.4. The Morgan fingerprint density at radius 2 is 1.27 bits per heavy atom. The standard InChI is InChI=1S/C22H48N2O2/c1-9-11-15-22(14-10-2,20-25-18-12-16-23(3,4)5)21-26-19-13-17-24(6,7)8/h9,11H,10,12-21H2,1-8H3/q+2. The van der Waals surface area contributed by atoms with Crippen LogP contribution in [0.4, 0.5) is 0 Å². The third-order valence-corrected chi connectivity index (χ3v) is 4.62. The SMILES string of the molecule is CC=CCC(CCC)(COCCC[N+](C)(C)C)COCCC[N+](C)(C)C. The second-order valence-electron chi connectivity index (χ2n) is 9.86. The number of rotatable bonds is 16. The van der Waals surface area contributed by atoms with E-state index in [1.54, 1.807) is 0 Å². The number of nitrogens with zero attached hydrogens (tertiary/aromatic N) is 2. The van der Waals surface area contributed by atoms with Gasteiger partial charge in [-0.05, 0) is 19.8 Å². The van der Waals surface area contributed by atoms with Gasteiger partial charge in [0.05, 0.1) is 81.8 Å². The minimum absolute atomic E-state index is 0.119. The van der Waals surface area contributed by atoms with Gasteiger partial charge in [0.15, 0.2) is 0 Å². The maximum atomic E-state index is 6.13. The summed E-state index contributed by atoms with van der Waals surface area (Å²) in [5.74, 6) is 0. The molecule has 0 N–H and O–H groups in total. The fourth-order valence-electron chi connectivity index (χ4n) is 3.16. The van der Waals surface area contributed by atoms with Crippen molar-refractivity contribution < 1.29 is 18.4 Å². The minimum Gasteiger partial charge on any atom is -0.381 e. The van der Waals surface area contributed by atoms with Crippen LogP contribution in [0.2, 0.25) is 0 Å². The Hall–Kier alpha value is -0.420. The Morgan fingerprint density at radius 3 is 1.62 bits per heavy atom. The summed E-state index contributed by atoms with van der Waals surface area (Å²) >= 11 is 0. The van der Waals surface area contributed by atoms with Crippen LogP contribution in [0.3, 0.4) is 0 Å². The van der Waals surface area contributed by atoms with Crippen LogP contribution in [0.25, 0.3) is 0 Å². The van der Waals surface area contributed by atoms with E-state index in [0.717, 1.165) is 74.2 Å². The average Bonchev–Trinajstić information content (AvgIpc) is 2.50. The largest absolute Gasteiger partial charge is 0.381 e. The molecule has 0 aliphatic carbocycles. The quantitative estimate of drug-likeness (QED) is 0.232. The van der Waals surface area contributed by atoms with E-state index in [1.807, 2.05) is 0 Å². The van der Waals surface area contributed by atoms with Gasteiger partial charge in [0.1, 0.15) is 0 Å². The lowest BCUT2D eigenvalue weighted by Gasteiger charge is -2.33. The van der Waals surface area contributed by atoms with E-state index in [9.17, 15) is 0 Å². The van der Waals surface area contributed by atoms with Gasteiger partial charge in [-0.15, -0.1) is 0 Å². The molecule has 4 heteroatoms. The summed E-state index contributed by atoms with van der Waals surface area (Å²) in [4.78, 5) is 0. The van der Waals surface area contributed by atoms with Crippen molar-refractivity contribution in [2.24, 2.45) is 5.41 Å². The molecular weight excluding hydrogens is 324 g/mol. The third-order valence-electron chi connectivity index (χ3n) is 4.62. The molecular formula is C22H48N2O2+2. The highest BCUT2D eigenvalue weighted by Gasteiger charge is 2.29.